The summed E-state index contributed by atoms with van der Waals surface area (Å²) in [7, 11) is -3.95. The number of nitriles is 4. The van der Waals surface area contributed by atoms with E-state index >= 15 is 0 Å². The summed E-state index contributed by atoms with van der Waals surface area (Å²) in [5, 5.41) is 33.0. The predicted octanol–water partition coefficient (Wildman–Crippen LogP) is -0.694. The molecule has 0 atom stereocenters. The van der Waals surface area contributed by atoms with E-state index in [1.165, 1.54) is 0 Å². The monoisotopic (exact) mass is 160 g/mol. The highest BCUT2D eigenvalue weighted by Gasteiger charge is 2.06. The van der Waals surface area contributed by atoms with Crippen molar-refractivity contribution in [2.45, 2.75) is 0 Å². The van der Waals surface area contributed by atoms with Crippen molar-refractivity contribution in [3.63, 3.8) is 0 Å². The van der Waals surface area contributed by atoms with Gasteiger partial charge in [-0.25, -0.2) is 21.0 Å². The van der Waals surface area contributed by atoms with Crippen LogP contribution in [-0.4, -0.2) is 15.8 Å². The van der Waals surface area contributed by atoms with Gasteiger partial charge in [-0.2, -0.15) is 0 Å². The molecule has 0 aliphatic carbocycles. The lowest BCUT2D eigenvalue weighted by atomic mass is 11.7. The Balaban J connectivity index is 5.12. The van der Waals surface area contributed by atoms with Crippen molar-refractivity contribution in [3.05, 3.63) is 0 Å². The first kappa shape index (κ1) is 8.39. The summed E-state index contributed by atoms with van der Waals surface area (Å²) in [4.78, 5) is 0. The summed E-state index contributed by atoms with van der Waals surface area (Å²) in [6.07, 6.45) is 0. The van der Waals surface area contributed by atoms with Crippen LogP contribution in [0, 0.1) is 43.8 Å². The maximum Gasteiger partial charge on any atom is 0.271 e. The van der Waals surface area contributed by atoms with Crippen LogP contribution < -0.4 is 0 Å². The van der Waals surface area contributed by atoms with Crippen LogP contribution in [0.4, 0.5) is 0 Å². The first-order chi connectivity index (χ1) is 4.79. The van der Waals surface area contributed by atoms with E-state index < -0.39 is 15.8 Å². The number of rotatable bonds is 0. The summed E-state index contributed by atoms with van der Waals surface area (Å²) < 4.78 is 0. The molecule has 0 bridgehead atoms. The predicted molar refractivity (Wildman–Crippen MR) is 34.0 cm³/mol. The largest absolute Gasteiger partial charge is 0.271 e. The Morgan fingerprint density at radius 3 is 0.900 bits per heavy atom. The van der Waals surface area contributed by atoms with Crippen molar-refractivity contribution < 1.29 is 0 Å². The van der Waals surface area contributed by atoms with Gasteiger partial charge in [-0.1, -0.05) is 0 Å². The second-order valence-electron chi connectivity index (χ2n) is 1.20. The minimum atomic E-state index is -1.97. The normalized spacial score (nSPS) is 5.60. The van der Waals surface area contributed by atoms with Crippen molar-refractivity contribution in [2.75, 3.05) is 0 Å². The van der Waals surface area contributed by atoms with Gasteiger partial charge in [0.1, 0.15) is 0 Å². The Hall–Kier alpha value is -1.61. The van der Waals surface area contributed by atoms with Crippen molar-refractivity contribution in [1.29, 1.82) is 21.0 Å². The average molecular weight is 160 g/mol. The average Bonchev–Trinajstić information content (AvgIpc) is 2.00. The fourth-order valence-corrected chi connectivity index (χ4v) is 2.16. The zero-order chi connectivity index (χ0) is 7.98. The van der Waals surface area contributed by atoms with Crippen molar-refractivity contribution in [3.8, 4) is 22.8 Å². The van der Waals surface area contributed by atoms with Gasteiger partial charge in [0.15, 0.2) is 0 Å². The van der Waals surface area contributed by atoms with Gasteiger partial charge < -0.3 is 0 Å². The van der Waals surface area contributed by atoms with E-state index in [4.69, 9.17) is 21.0 Å². The zero-order valence-corrected chi connectivity index (χ0v) is 6.79. The summed E-state index contributed by atoms with van der Waals surface area (Å²) in [6, 6.07) is 0. The first-order valence-corrected chi connectivity index (χ1v) is 6.14. The van der Waals surface area contributed by atoms with Crippen LogP contribution in [0.5, 0.6) is 0 Å². The van der Waals surface area contributed by atoms with Crippen LogP contribution in [0.25, 0.3) is 0 Å². The molecule has 0 heterocycles. The Morgan fingerprint density at radius 1 is 0.600 bits per heavy atom. The van der Waals surface area contributed by atoms with Gasteiger partial charge in [0.25, 0.3) is 15.8 Å². The van der Waals surface area contributed by atoms with E-state index in [2.05, 4.69) is 0 Å². The van der Waals surface area contributed by atoms with Gasteiger partial charge in [0.2, 0.25) is 0 Å². The molecule has 0 aliphatic heterocycles. The highest BCUT2D eigenvalue weighted by Crippen LogP contribution is 1.68. The smallest absolute Gasteiger partial charge is 0.201 e. The second-order valence-corrected chi connectivity index (χ2v) is 6.59. The molecular formula is C4N4Si2. The third-order valence-corrected chi connectivity index (χ3v) is 4.93. The molecule has 0 aromatic rings. The Morgan fingerprint density at radius 2 is 0.800 bits per heavy atom. The van der Waals surface area contributed by atoms with Crippen LogP contribution in [0.2, 0.25) is 0 Å². The quantitative estimate of drug-likeness (QED) is 0.438. The lowest BCUT2D eigenvalue weighted by molar-refractivity contribution is 1.54. The number of nitrogens with zero attached hydrogens (tertiary/aromatic N) is 4. The van der Waals surface area contributed by atoms with Crippen LogP contribution in [0.3, 0.4) is 0 Å². The molecule has 10 heavy (non-hydrogen) atoms. The Kier molecular flexibility index (Phi) is 3.60. The molecule has 0 fully saturated rings. The highest BCUT2D eigenvalue weighted by atomic mass is 28.9. The molecule has 0 aromatic carbocycles. The summed E-state index contributed by atoms with van der Waals surface area (Å²) in [5.74, 6) is 0. The van der Waals surface area contributed by atoms with Gasteiger partial charge in [0, 0.05) is 0 Å². The van der Waals surface area contributed by atoms with E-state index in [0.29, 0.717) is 0 Å². The van der Waals surface area contributed by atoms with Crippen LogP contribution in [0.1, 0.15) is 0 Å². The van der Waals surface area contributed by atoms with Gasteiger partial charge in [-0.05, 0) is 0 Å². The maximum atomic E-state index is 8.25. The third kappa shape index (κ3) is 1.72. The lowest BCUT2D eigenvalue weighted by Crippen LogP contribution is -2.11. The van der Waals surface area contributed by atoms with Gasteiger partial charge in [0.05, 0.1) is 22.8 Å². The summed E-state index contributed by atoms with van der Waals surface area (Å²) >= 11 is 0. The Labute approximate surface area is 60.3 Å². The molecule has 0 saturated heterocycles. The summed E-state index contributed by atoms with van der Waals surface area (Å²) in [6.45, 7) is 0. The van der Waals surface area contributed by atoms with Crippen LogP contribution in [-0.2, 0) is 0 Å². The molecule has 0 radical (unpaired) electrons. The minimum absolute atomic E-state index is 1.69. The number of hydrogen-bond acceptors (Lipinski definition) is 4. The van der Waals surface area contributed by atoms with Gasteiger partial charge in [-0.15, -0.1) is 0 Å². The highest BCUT2D eigenvalue weighted by molar-refractivity contribution is 7.10. The van der Waals surface area contributed by atoms with Crippen molar-refractivity contribution in [2.24, 2.45) is 0 Å². The molecule has 0 aliphatic rings. The third-order valence-electron chi connectivity index (χ3n) is 0.697. The minimum Gasteiger partial charge on any atom is -0.201 e. The molecule has 0 spiro atoms. The molecular weight excluding hydrogens is 160 g/mol. The molecule has 6 heteroatoms. The molecule has 0 N–H and O–H groups in total. The standard InChI is InChI=1S/C4N4Si2/c5-1-9(2-6)10(3-7)4-8. The zero-order valence-electron chi connectivity index (χ0n) is 4.79. The van der Waals surface area contributed by atoms with E-state index in [1.54, 1.807) is 22.8 Å². The molecule has 44 valence electrons. The molecule has 0 amide bonds. The molecule has 4 nitrogen and oxygen atoms in total. The molecule has 0 unspecified atom stereocenters. The van der Waals surface area contributed by atoms with E-state index in [1.807, 2.05) is 0 Å². The Bertz CT molecular complexity index is 262. The second kappa shape index (κ2) is 4.29. The fourth-order valence-electron chi connectivity index (χ4n) is 0.274. The number of hydrogen-bond donors (Lipinski definition) is 0. The van der Waals surface area contributed by atoms with Crippen molar-refractivity contribution >= 4 is 15.8 Å². The van der Waals surface area contributed by atoms with E-state index in [-0.39, 0.29) is 0 Å². The topological polar surface area (TPSA) is 95.2 Å². The molecule has 0 aromatic heterocycles. The summed E-state index contributed by atoms with van der Waals surface area (Å²) in [5.41, 5.74) is 6.78. The first-order valence-electron chi connectivity index (χ1n) is 2.14. The maximum absolute atomic E-state index is 8.25. The van der Waals surface area contributed by atoms with Gasteiger partial charge >= 0.3 is 0 Å². The lowest BCUT2D eigenvalue weighted by Gasteiger charge is -1.72. The van der Waals surface area contributed by atoms with Crippen molar-refractivity contribution in [1.82, 2.24) is 0 Å². The molecule has 0 rings (SSSR count). The van der Waals surface area contributed by atoms with Crippen LogP contribution in [0.15, 0.2) is 0 Å². The fraction of sp³-hybridized carbons (Fsp3) is 0. The molecule has 0 saturated carbocycles. The van der Waals surface area contributed by atoms with Crippen LogP contribution >= 0.6 is 0 Å². The SMILES string of the molecule is N#C[Si](C#N)=[Si](C#N)C#N. The van der Waals surface area contributed by atoms with E-state index in [0.717, 1.165) is 0 Å². The van der Waals surface area contributed by atoms with E-state index in [9.17, 15) is 0 Å². The van der Waals surface area contributed by atoms with Gasteiger partial charge in [-0.3, -0.25) is 0 Å².